The zero-order valence-electron chi connectivity index (χ0n) is 16.6. The second-order valence-electron chi connectivity index (χ2n) is 6.46. The molecule has 0 radical (unpaired) electrons. The zero-order valence-corrected chi connectivity index (χ0v) is 16.6. The highest BCUT2D eigenvalue weighted by Gasteiger charge is 2.24. The van der Waals surface area contributed by atoms with Gasteiger partial charge in [-0.2, -0.15) is 0 Å². The normalized spacial score (nSPS) is 10.6. The summed E-state index contributed by atoms with van der Waals surface area (Å²) < 4.78 is 18.4. The topological polar surface area (TPSA) is 92.7 Å². The van der Waals surface area contributed by atoms with E-state index >= 15 is 0 Å². The summed E-state index contributed by atoms with van der Waals surface area (Å²) in [5.41, 5.74) is 1.16. The fourth-order valence-corrected chi connectivity index (χ4v) is 3.00. The van der Waals surface area contributed by atoms with Crippen LogP contribution in [0.2, 0.25) is 0 Å². The third kappa shape index (κ3) is 4.62. The molecule has 2 heterocycles. The fraction of sp³-hybridized carbons (Fsp3) is 0.238. The Kier molecular flexibility index (Phi) is 6.41. The number of carbonyl (C=O) groups is 1. The average molecular weight is 412 g/mol. The second-order valence-corrected chi connectivity index (χ2v) is 6.46. The molecule has 0 fully saturated rings. The van der Waals surface area contributed by atoms with Crippen molar-refractivity contribution in [3.8, 4) is 0 Å². The molecule has 0 aliphatic carbocycles. The minimum atomic E-state index is -0.713. The Morgan fingerprint density at radius 3 is 2.33 bits per heavy atom. The molecule has 1 amide bonds. The first-order chi connectivity index (χ1) is 14.4. The molecule has 0 aliphatic rings. The number of rotatable bonds is 8. The minimum Gasteiger partial charge on any atom is -0.395 e. The van der Waals surface area contributed by atoms with Crippen molar-refractivity contribution in [3.63, 3.8) is 0 Å². The molecule has 0 atom stereocenters. The molecule has 1 aromatic carbocycles. The number of aromatic nitrogens is 1. The van der Waals surface area contributed by atoms with Crippen LogP contribution in [0.15, 0.2) is 59.1 Å². The summed E-state index contributed by atoms with van der Waals surface area (Å²) in [5, 5.41) is 10.9. The van der Waals surface area contributed by atoms with Crippen molar-refractivity contribution in [3.05, 3.63) is 82.0 Å². The van der Waals surface area contributed by atoms with Gasteiger partial charge in [0.2, 0.25) is 0 Å². The number of halogens is 1. The predicted molar refractivity (Wildman–Crippen MR) is 110 cm³/mol. The molecular formula is C21H21FN4O4. The Morgan fingerprint density at radius 1 is 1.10 bits per heavy atom. The van der Waals surface area contributed by atoms with Gasteiger partial charge in [0.1, 0.15) is 16.6 Å². The smallest absolute Gasteiger partial charge is 0.395 e. The van der Waals surface area contributed by atoms with Crippen LogP contribution in [0, 0.1) is 15.9 Å². The van der Waals surface area contributed by atoms with Crippen molar-refractivity contribution < 1.29 is 18.5 Å². The van der Waals surface area contributed by atoms with E-state index in [0.29, 0.717) is 5.69 Å². The lowest BCUT2D eigenvalue weighted by atomic mass is 10.2. The number of amides is 1. The maximum absolute atomic E-state index is 13.4. The Morgan fingerprint density at radius 2 is 1.80 bits per heavy atom. The van der Waals surface area contributed by atoms with Gasteiger partial charge in [0.05, 0.1) is 12.6 Å². The number of benzene rings is 1. The first-order valence-corrected chi connectivity index (χ1v) is 9.44. The third-order valence-electron chi connectivity index (χ3n) is 4.60. The van der Waals surface area contributed by atoms with Crippen LogP contribution in [0.25, 0.3) is 0 Å². The van der Waals surface area contributed by atoms with Crippen LogP contribution in [0.5, 0.6) is 0 Å². The van der Waals surface area contributed by atoms with E-state index < -0.39 is 22.5 Å². The van der Waals surface area contributed by atoms with E-state index in [4.69, 9.17) is 4.42 Å². The van der Waals surface area contributed by atoms with Crippen LogP contribution in [0.4, 0.5) is 21.8 Å². The number of hydrogen-bond acceptors (Lipinski definition) is 6. The summed E-state index contributed by atoms with van der Waals surface area (Å²) in [4.78, 5) is 31.1. The molecule has 9 heteroatoms. The van der Waals surface area contributed by atoms with E-state index in [1.54, 1.807) is 6.20 Å². The lowest BCUT2D eigenvalue weighted by Gasteiger charge is -2.23. The Bertz CT molecular complexity index is 1010. The SMILES string of the molecule is CCN(CC)c1ccc(CN(C(=O)c2ccc([N+](=O)[O-])o2)c2ccc(F)cc2)cn1. The summed E-state index contributed by atoms with van der Waals surface area (Å²) in [6, 6.07) is 11.5. The van der Waals surface area contributed by atoms with Gasteiger partial charge >= 0.3 is 5.88 Å². The van der Waals surface area contributed by atoms with Crippen LogP contribution in [0.3, 0.4) is 0 Å². The summed E-state index contributed by atoms with van der Waals surface area (Å²) >= 11 is 0. The molecular weight excluding hydrogens is 391 g/mol. The Balaban J connectivity index is 1.90. The van der Waals surface area contributed by atoms with E-state index in [1.165, 1.54) is 35.2 Å². The van der Waals surface area contributed by atoms with E-state index in [2.05, 4.69) is 9.88 Å². The number of pyridine rings is 1. The summed E-state index contributed by atoms with van der Waals surface area (Å²) in [7, 11) is 0. The largest absolute Gasteiger partial charge is 0.433 e. The van der Waals surface area contributed by atoms with Gasteiger partial charge in [-0.25, -0.2) is 9.37 Å². The summed E-state index contributed by atoms with van der Waals surface area (Å²) in [5.74, 6) is -0.904. The van der Waals surface area contributed by atoms with Crippen LogP contribution >= 0.6 is 0 Å². The molecule has 0 N–H and O–H groups in total. The Labute approximate surface area is 172 Å². The molecule has 0 saturated carbocycles. The molecule has 156 valence electrons. The highest BCUT2D eigenvalue weighted by Crippen LogP contribution is 2.24. The fourth-order valence-electron chi connectivity index (χ4n) is 3.00. The van der Waals surface area contributed by atoms with Gasteiger partial charge in [-0.1, -0.05) is 6.07 Å². The number of nitro groups is 1. The van der Waals surface area contributed by atoms with Crippen LogP contribution in [0.1, 0.15) is 30.0 Å². The number of furan rings is 1. The van der Waals surface area contributed by atoms with Crippen LogP contribution < -0.4 is 9.80 Å². The van der Waals surface area contributed by atoms with Gasteiger partial charge in [-0.15, -0.1) is 0 Å². The van der Waals surface area contributed by atoms with Crippen molar-refractivity contribution in [2.24, 2.45) is 0 Å². The molecule has 2 aromatic heterocycles. The maximum atomic E-state index is 13.4. The van der Waals surface area contributed by atoms with Gasteiger partial charge in [-0.3, -0.25) is 14.9 Å². The molecule has 3 rings (SSSR count). The van der Waals surface area contributed by atoms with Crippen molar-refractivity contribution in [1.82, 2.24) is 4.98 Å². The van der Waals surface area contributed by atoms with Crippen molar-refractivity contribution in [2.75, 3.05) is 22.9 Å². The van der Waals surface area contributed by atoms with Gasteiger partial charge in [-0.05, 0) is 55.8 Å². The van der Waals surface area contributed by atoms with E-state index in [0.717, 1.165) is 30.5 Å². The van der Waals surface area contributed by atoms with Gasteiger partial charge in [0.15, 0.2) is 5.76 Å². The number of carbonyl (C=O) groups excluding carboxylic acids is 1. The van der Waals surface area contributed by atoms with Gasteiger partial charge < -0.3 is 14.2 Å². The predicted octanol–water partition coefficient (Wildman–Crippen LogP) is 4.42. The molecule has 3 aromatic rings. The molecule has 0 saturated heterocycles. The lowest BCUT2D eigenvalue weighted by molar-refractivity contribution is -0.402. The molecule has 0 unspecified atom stereocenters. The number of nitrogens with zero attached hydrogens (tertiary/aromatic N) is 4. The molecule has 0 spiro atoms. The van der Waals surface area contributed by atoms with Crippen molar-refractivity contribution >= 4 is 23.3 Å². The maximum Gasteiger partial charge on any atom is 0.433 e. The lowest BCUT2D eigenvalue weighted by Crippen LogP contribution is -2.30. The highest BCUT2D eigenvalue weighted by molar-refractivity contribution is 6.04. The number of hydrogen-bond donors (Lipinski definition) is 0. The molecule has 0 aliphatic heterocycles. The summed E-state index contributed by atoms with van der Waals surface area (Å²) in [6.45, 7) is 5.85. The standard InChI is InChI=1S/C21H21FN4O4/c1-3-24(4-2)19-11-5-15(13-23-19)14-25(17-8-6-16(22)7-9-17)21(27)18-10-12-20(30-18)26(28)29/h5-13H,3-4,14H2,1-2H3. The van der Waals surface area contributed by atoms with Crippen molar-refractivity contribution in [1.29, 1.82) is 0 Å². The van der Waals surface area contributed by atoms with Gasteiger partial charge in [0.25, 0.3) is 5.91 Å². The average Bonchev–Trinajstić information content (AvgIpc) is 3.25. The molecule has 30 heavy (non-hydrogen) atoms. The van der Waals surface area contributed by atoms with E-state index in [-0.39, 0.29) is 12.3 Å². The monoisotopic (exact) mass is 412 g/mol. The van der Waals surface area contributed by atoms with E-state index in [9.17, 15) is 19.3 Å². The Hall–Kier alpha value is -3.75. The number of anilines is 2. The zero-order chi connectivity index (χ0) is 21.7. The van der Waals surface area contributed by atoms with Gasteiger partial charge in [0, 0.05) is 25.0 Å². The first kappa shape index (κ1) is 21.0. The third-order valence-corrected chi connectivity index (χ3v) is 4.60. The first-order valence-electron chi connectivity index (χ1n) is 9.44. The summed E-state index contributed by atoms with van der Waals surface area (Å²) in [6.07, 6.45) is 1.67. The van der Waals surface area contributed by atoms with Crippen molar-refractivity contribution in [2.45, 2.75) is 20.4 Å². The van der Waals surface area contributed by atoms with Crippen LogP contribution in [-0.2, 0) is 6.54 Å². The molecule has 8 nitrogen and oxygen atoms in total. The van der Waals surface area contributed by atoms with E-state index in [1.807, 2.05) is 26.0 Å². The van der Waals surface area contributed by atoms with Crippen LogP contribution in [-0.4, -0.2) is 28.9 Å². The highest BCUT2D eigenvalue weighted by atomic mass is 19.1. The second kappa shape index (κ2) is 9.17. The molecule has 0 bridgehead atoms. The minimum absolute atomic E-state index is 0.129. The quantitative estimate of drug-likeness (QED) is 0.402.